The summed E-state index contributed by atoms with van der Waals surface area (Å²) >= 11 is 0. The summed E-state index contributed by atoms with van der Waals surface area (Å²) in [7, 11) is 0. The number of carbonyl (C=O) groups excluding carboxylic acids is 2. The van der Waals surface area contributed by atoms with E-state index in [1.54, 1.807) is 4.90 Å². The van der Waals surface area contributed by atoms with Gasteiger partial charge in [0.1, 0.15) is 0 Å². The van der Waals surface area contributed by atoms with Crippen LogP contribution in [-0.2, 0) is 9.59 Å². The highest BCUT2D eigenvalue weighted by molar-refractivity contribution is 5.86. The Kier molecular flexibility index (Phi) is 3.43. The fourth-order valence-electron chi connectivity index (χ4n) is 2.34. The van der Waals surface area contributed by atoms with Gasteiger partial charge >= 0.3 is 0 Å². The molecule has 0 aromatic heterocycles. The van der Waals surface area contributed by atoms with E-state index in [1.807, 2.05) is 11.8 Å². The quantitative estimate of drug-likeness (QED) is 0.684. The van der Waals surface area contributed by atoms with Crippen molar-refractivity contribution in [3.8, 4) is 0 Å². The van der Waals surface area contributed by atoms with Crippen LogP contribution in [0.1, 0.15) is 19.8 Å². The van der Waals surface area contributed by atoms with Crippen molar-refractivity contribution in [2.24, 2.45) is 0 Å². The Morgan fingerprint density at radius 3 is 2.94 bits per heavy atom. The SMILES string of the molecule is CC1CNCCN1C(=O)CN1CCCC1=O. The standard InChI is InChI=1S/C11H19N3O2/c1-9-7-12-4-6-14(9)11(16)8-13-5-2-3-10(13)15/h9,12H,2-8H2,1H3. The topological polar surface area (TPSA) is 52.7 Å². The minimum Gasteiger partial charge on any atom is -0.336 e. The predicted octanol–water partition coefficient (Wildman–Crippen LogP) is -0.571. The molecule has 0 aromatic carbocycles. The number of hydrogen-bond donors (Lipinski definition) is 1. The zero-order chi connectivity index (χ0) is 11.5. The molecule has 2 aliphatic rings. The van der Waals surface area contributed by atoms with Gasteiger partial charge in [0.05, 0.1) is 6.54 Å². The van der Waals surface area contributed by atoms with E-state index in [9.17, 15) is 9.59 Å². The molecule has 2 aliphatic heterocycles. The van der Waals surface area contributed by atoms with Gasteiger partial charge in [-0.25, -0.2) is 0 Å². The van der Waals surface area contributed by atoms with E-state index in [4.69, 9.17) is 0 Å². The highest BCUT2D eigenvalue weighted by Crippen LogP contribution is 2.11. The van der Waals surface area contributed by atoms with Crippen LogP contribution in [0.2, 0.25) is 0 Å². The number of carbonyl (C=O) groups is 2. The first-order valence-corrected chi connectivity index (χ1v) is 5.96. The Hall–Kier alpha value is -1.10. The number of nitrogens with zero attached hydrogens (tertiary/aromatic N) is 2. The molecule has 0 spiro atoms. The summed E-state index contributed by atoms with van der Waals surface area (Å²) in [5.41, 5.74) is 0. The number of hydrogen-bond acceptors (Lipinski definition) is 3. The molecule has 2 amide bonds. The number of piperazine rings is 1. The van der Waals surface area contributed by atoms with E-state index < -0.39 is 0 Å². The minimum absolute atomic E-state index is 0.0873. The van der Waals surface area contributed by atoms with Crippen LogP contribution >= 0.6 is 0 Å². The molecule has 0 radical (unpaired) electrons. The molecule has 16 heavy (non-hydrogen) atoms. The van der Waals surface area contributed by atoms with Crippen LogP contribution in [0, 0.1) is 0 Å². The first-order valence-electron chi connectivity index (χ1n) is 5.96. The lowest BCUT2D eigenvalue weighted by atomic mass is 10.2. The Labute approximate surface area is 95.8 Å². The molecule has 2 saturated heterocycles. The molecule has 2 rings (SSSR count). The van der Waals surface area contributed by atoms with E-state index in [-0.39, 0.29) is 24.4 Å². The monoisotopic (exact) mass is 225 g/mol. The Morgan fingerprint density at radius 2 is 2.31 bits per heavy atom. The summed E-state index contributed by atoms with van der Waals surface area (Å²) in [5.74, 6) is 0.209. The van der Waals surface area contributed by atoms with Crippen molar-refractivity contribution >= 4 is 11.8 Å². The third-order valence-electron chi connectivity index (χ3n) is 3.32. The van der Waals surface area contributed by atoms with Gasteiger partial charge in [-0.05, 0) is 13.3 Å². The second kappa shape index (κ2) is 4.82. The fourth-order valence-corrected chi connectivity index (χ4v) is 2.34. The molecule has 0 aliphatic carbocycles. The Bertz CT molecular complexity index is 293. The van der Waals surface area contributed by atoms with E-state index in [2.05, 4.69) is 5.32 Å². The highest BCUT2D eigenvalue weighted by Gasteiger charge is 2.27. The maximum atomic E-state index is 12.0. The van der Waals surface area contributed by atoms with Crippen LogP contribution in [0.25, 0.3) is 0 Å². The van der Waals surface area contributed by atoms with Crippen LogP contribution in [0.3, 0.4) is 0 Å². The average Bonchev–Trinajstić information content (AvgIpc) is 2.65. The summed E-state index contributed by atoms with van der Waals surface area (Å²) in [4.78, 5) is 27.0. The summed E-state index contributed by atoms with van der Waals surface area (Å²) in [5, 5.41) is 3.25. The highest BCUT2D eigenvalue weighted by atomic mass is 16.2. The van der Waals surface area contributed by atoms with Crippen LogP contribution in [0.4, 0.5) is 0 Å². The number of nitrogens with one attached hydrogen (secondary N) is 1. The smallest absolute Gasteiger partial charge is 0.242 e. The van der Waals surface area contributed by atoms with Gasteiger partial charge in [-0.15, -0.1) is 0 Å². The van der Waals surface area contributed by atoms with Crippen molar-refractivity contribution < 1.29 is 9.59 Å². The number of likely N-dealkylation sites (tertiary alicyclic amines) is 1. The third kappa shape index (κ3) is 2.35. The minimum atomic E-state index is 0.0873. The average molecular weight is 225 g/mol. The molecule has 5 heteroatoms. The lowest BCUT2D eigenvalue weighted by Crippen LogP contribution is -2.54. The summed E-state index contributed by atoms with van der Waals surface area (Å²) in [6, 6.07) is 0.235. The van der Waals surface area contributed by atoms with Crippen molar-refractivity contribution in [3.05, 3.63) is 0 Å². The van der Waals surface area contributed by atoms with Gasteiger partial charge in [0.15, 0.2) is 0 Å². The van der Waals surface area contributed by atoms with Crippen LogP contribution in [-0.4, -0.2) is 60.4 Å². The van der Waals surface area contributed by atoms with Gasteiger partial charge in [0.25, 0.3) is 0 Å². The van der Waals surface area contributed by atoms with Crippen LogP contribution < -0.4 is 5.32 Å². The van der Waals surface area contributed by atoms with Gasteiger partial charge in [0, 0.05) is 38.6 Å². The summed E-state index contributed by atoms with van der Waals surface area (Å²) in [6.45, 7) is 5.50. The maximum Gasteiger partial charge on any atom is 0.242 e. The van der Waals surface area contributed by atoms with Crippen molar-refractivity contribution in [1.29, 1.82) is 0 Å². The molecule has 2 fully saturated rings. The van der Waals surface area contributed by atoms with Crippen molar-refractivity contribution in [2.75, 3.05) is 32.7 Å². The fraction of sp³-hybridized carbons (Fsp3) is 0.818. The van der Waals surface area contributed by atoms with Crippen molar-refractivity contribution in [1.82, 2.24) is 15.1 Å². The second-order valence-electron chi connectivity index (χ2n) is 4.56. The van der Waals surface area contributed by atoms with Gasteiger partial charge in [-0.1, -0.05) is 0 Å². The zero-order valence-corrected chi connectivity index (χ0v) is 9.74. The molecular formula is C11H19N3O2. The van der Waals surface area contributed by atoms with Crippen LogP contribution in [0.15, 0.2) is 0 Å². The molecule has 2 heterocycles. The molecule has 1 atom stereocenters. The van der Waals surface area contributed by atoms with Crippen molar-refractivity contribution in [3.63, 3.8) is 0 Å². The molecule has 0 aromatic rings. The Morgan fingerprint density at radius 1 is 1.50 bits per heavy atom. The van der Waals surface area contributed by atoms with E-state index in [0.29, 0.717) is 6.42 Å². The predicted molar refractivity (Wildman–Crippen MR) is 59.9 cm³/mol. The lowest BCUT2D eigenvalue weighted by Gasteiger charge is -2.35. The first kappa shape index (κ1) is 11.4. The molecular weight excluding hydrogens is 206 g/mol. The third-order valence-corrected chi connectivity index (χ3v) is 3.32. The van der Waals surface area contributed by atoms with Gasteiger partial charge in [0.2, 0.25) is 11.8 Å². The van der Waals surface area contributed by atoms with E-state index in [0.717, 1.165) is 32.6 Å². The second-order valence-corrected chi connectivity index (χ2v) is 4.56. The number of rotatable bonds is 2. The first-order chi connectivity index (χ1) is 7.68. The van der Waals surface area contributed by atoms with E-state index >= 15 is 0 Å². The van der Waals surface area contributed by atoms with Gasteiger partial charge < -0.3 is 15.1 Å². The summed E-state index contributed by atoms with van der Waals surface area (Å²) < 4.78 is 0. The normalized spacial score (nSPS) is 26.3. The molecule has 0 saturated carbocycles. The molecule has 90 valence electrons. The molecule has 1 unspecified atom stereocenters. The summed E-state index contributed by atoms with van der Waals surface area (Å²) in [6.07, 6.45) is 1.49. The molecule has 5 nitrogen and oxygen atoms in total. The zero-order valence-electron chi connectivity index (χ0n) is 9.74. The van der Waals surface area contributed by atoms with Gasteiger partial charge in [-0.2, -0.15) is 0 Å². The van der Waals surface area contributed by atoms with Crippen molar-refractivity contribution in [2.45, 2.75) is 25.8 Å². The Balaban J connectivity index is 1.89. The van der Waals surface area contributed by atoms with Gasteiger partial charge in [-0.3, -0.25) is 9.59 Å². The maximum absolute atomic E-state index is 12.0. The lowest BCUT2D eigenvalue weighted by molar-refractivity contribution is -0.140. The van der Waals surface area contributed by atoms with E-state index in [1.165, 1.54) is 0 Å². The molecule has 1 N–H and O–H groups in total. The largest absolute Gasteiger partial charge is 0.336 e. The number of amides is 2. The molecule has 0 bridgehead atoms. The van der Waals surface area contributed by atoms with Crippen LogP contribution in [0.5, 0.6) is 0 Å².